The molecule has 0 aliphatic rings. The van der Waals surface area contributed by atoms with Crippen LogP contribution in [0.15, 0.2) is 35.7 Å². The first kappa shape index (κ1) is 15.9. The molecule has 0 amide bonds. The van der Waals surface area contributed by atoms with Gasteiger partial charge in [0.05, 0.1) is 10.2 Å². The van der Waals surface area contributed by atoms with Crippen LogP contribution >= 0.6 is 22.7 Å². The predicted molar refractivity (Wildman–Crippen MR) is 98.0 cm³/mol. The molecule has 1 aromatic carbocycles. The minimum atomic E-state index is -0.749. The summed E-state index contributed by atoms with van der Waals surface area (Å²) >= 11 is 3.37. The van der Waals surface area contributed by atoms with Gasteiger partial charge in [-0.25, -0.2) is 4.98 Å². The second-order valence-corrected chi connectivity index (χ2v) is 7.35. The molecular weight excluding hydrogens is 326 g/mol. The number of carbonyl (C=O) groups is 1. The number of allylic oxidation sites excluding steroid dienone is 1. The summed E-state index contributed by atoms with van der Waals surface area (Å²) in [5, 5.41) is 11.9. The number of fused-ring (bicyclic) bond motifs is 1. The Kier molecular flexibility index (Phi) is 4.88. The maximum atomic E-state index is 10.8. The summed E-state index contributed by atoms with van der Waals surface area (Å²) in [6.45, 7) is 2.09. The molecule has 2 aromatic heterocycles. The first-order valence-electron chi connectivity index (χ1n) is 7.46. The van der Waals surface area contributed by atoms with E-state index in [1.165, 1.54) is 10.4 Å². The lowest BCUT2D eigenvalue weighted by atomic mass is 10.1. The minimum Gasteiger partial charge on any atom is -0.481 e. The average Bonchev–Trinajstić information content (AvgIpc) is 3.12. The number of carboxylic acid groups (broad SMARTS) is 1. The Bertz CT molecular complexity index is 828. The fourth-order valence-electron chi connectivity index (χ4n) is 2.37. The first-order chi connectivity index (χ1) is 11.1. The smallest absolute Gasteiger partial charge is 0.303 e. The van der Waals surface area contributed by atoms with Crippen LogP contribution in [0.2, 0.25) is 0 Å². The molecule has 0 bridgehead atoms. The van der Waals surface area contributed by atoms with E-state index in [9.17, 15) is 4.79 Å². The van der Waals surface area contributed by atoms with Gasteiger partial charge in [0, 0.05) is 11.3 Å². The van der Waals surface area contributed by atoms with Crippen LogP contribution in [0.3, 0.4) is 0 Å². The van der Waals surface area contributed by atoms with Crippen LogP contribution < -0.4 is 0 Å². The molecule has 0 unspecified atom stereocenters. The minimum absolute atomic E-state index is 0.186. The summed E-state index contributed by atoms with van der Waals surface area (Å²) in [6.07, 6.45) is 3.70. The van der Waals surface area contributed by atoms with Gasteiger partial charge in [-0.15, -0.1) is 22.7 Å². The highest BCUT2D eigenvalue weighted by Crippen LogP contribution is 2.32. The van der Waals surface area contributed by atoms with E-state index in [1.807, 2.05) is 18.2 Å². The Morgan fingerprint density at radius 1 is 1.26 bits per heavy atom. The van der Waals surface area contributed by atoms with Crippen molar-refractivity contribution in [3.8, 4) is 0 Å². The highest BCUT2D eigenvalue weighted by atomic mass is 32.1. The molecule has 23 heavy (non-hydrogen) atoms. The summed E-state index contributed by atoms with van der Waals surface area (Å²) in [7, 11) is 0. The molecule has 118 valence electrons. The zero-order chi connectivity index (χ0) is 16.2. The molecule has 0 atom stereocenters. The number of aliphatic carboxylic acids is 1. The van der Waals surface area contributed by atoms with Gasteiger partial charge in [0.2, 0.25) is 0 Å². The third kappa shape index (κ3) is 3.86. The monoisotopic (exact) mass is 343 g/mol. The third-order valence-electron chi connectivity index (χ3n) is 3.61. The van der Waals surface area contributed by atoms with E-state index in [0.29, 0.717) is 6.42 Å². The fraction of sp³-hybridized carbons (Fsp3) is 0.222. The topological polar surface area (TPSA) is 50.2 Å². The molecule has 1 N–H and O–H groups in total. The zero-order valence-corrected chi connectivity index (χ0v) is 14.4. The molecule has 0 aliphatic carbocycles. The summed E-state index contributed by atoms with van der Waals surface area (Å²) in [5.74, 6) is -0.749. The molecule has 2 heterocycles. The standard InChI is InChI=1S/C18H17NO2S2/c1-12-9-10-22-16(12)11-13(5-4-8-17(20)21)18-19-14-6-2-3-7-15(14)23-18/h2-3,6-7,9-11H,4-5,8H2,1H3,(H,20,21)/b13-11+. The van der Waals surface area contributed by atoms with Gasteiger partial charge in [-0.1, -0.05) is 12.1 Å². The molecule has 3 aromatic rings. The lowest BCUT2D eigenvalue weighted by Gasteiger charge is -2.03. The van der Waals surface area contributed by atoms with Crippen molar-refractivity contribution in [2.45, 2.75) is 26.2 Å². The van der Waals surface area contributed by atoms with Crippen molar-refractivity contribution in [3.05, 3.63) is 51.2 Å². The number of thiazole rings is 1. The molecule has 0 saturated carbocycles. The van der Waals surface area contributed by atoms with Crippen LogP contribution in [0.1, 0.15) is 34.7 Å². The molecule has 0 saturated heterocycles. The molecule has 3 nitrogen and oxygen atoms in total. The lowest BCUT2D eigenvalue weighted by molar-refractivity contribution is -0.137. The lowest BCUT2D eigenvalue weighted by Crippen LogP contribution is -1.94. The van der Waals surface area contributed by atoms with Crippen molar-refractivity contribution in [2.75, 3.05) is 0 Å². The summed E-state index contributed by atoms with van der Waals surface area (Å²) in [4.78, 5) is 16.7. The van der Waals surface area contributed by atoms with Gasteiger partial charge in [-0.05, 0) is 60.6 Å². The second kappa shape index (κ2) is 7.06. The number of hydrogen-bond donors (Lipinski definition) is 1. The predicted octanol–water partition coefficient (Wildman–Crippen LogP) is 5.46. The number of benzene rings is 1. The number of aromatic nitrogens is 1. The van der Waals surface area contributed by atoms with Crippen molar-refractivity contribution in [1.29, 1.82) is 0 Å². The normalized spacial score (nSPS) is 12.0. The van der Waals surface area contributed by atoms with Crippen molar-refractivity contribution in [2.24, 2.45) is 0 Å². The summed E-state index contributed by atoms with van der Waals surface area (Å²) in [6, 6.07) is 10.2. The van der Waals surface area contributed by atoms with Gasteiger partial charge in [0.25, 0.3) is 0 Å². The van der Waals surface area contributed by atoms with Crippen molar-refractivity contribution in [1.82, 2.24) is 4.98 Å². The second-order valence-electron chi connectivity index (χ2n) is 5.37. The largest absolute Gasteiger partial charge is 0.481 e. The van der Waals surface area contributed by atoms with Gasteiger partial charge in [0.1, 0.15) is 5.01 Å². The molecular formula is C18H17NO2S2. The Balaban J connectivity index is 1.95. The van der Waals surface area contributed by atoms with Gasteiger partial charge in [-0.3, -0.25) is 4.79 Å². The Morgan fingerprint density at radius 3 is 2.78 bits per heavy atom. The van der Waals surface area contributed by atoms with E-state index in [0.717, 1.165) is 27.2 Å². The number of hydrogen-bond acceptors (Lipinski definition) is 4. The Labute approximate surface area is 142 Å². The Morgan fingerprint density at radius 2 is 2.09 bits per heavy atom. The van der Waals surface area contributed by atoms with Crippen molar-refractivity contribution < 1.29 is 9.90 Å². The quantitative estimate of drug-likeness (QED) is 0.646. The van der Waals surface area contributed by atoms with Crippen molar-refractivity contribution >= 4 is 50.5 Å². The molecule has 3 rings (SSSR count). The summed E-state index contributed by atoms with van der Waals surface area (Å²) in [5.41, 5.74) is 3.37. The van der Waals surface area contributed by atoms with Gasteiger partial charge >= 0.3 is 5.97 Å². The van der Waals surface area contributed by atoms with E-state index >= 15 is 0 Å². The number of aryl methyl sites for hydroxylation is 1. The highest BCUT2D eigenvalue weighted by molar-refractivity contribution is 7.19. The van der Waals surface area contributed by atoms with Crippen LogP contribution in [0.4, 0.5) is 0 Å². The van der Waals surface area contributed by atoms with E-state index in [4.69, 9.17) is 10.1 Å². The summed E-state index contributed by atoms with van der Waals surface area (Å²) < 4.78 is 1.16. The zero-order valence-electron chi connectivity index (χ0n) is 12.8. The third-order valence-corrected chi connectivity index (χ3v) is 5.69. The Hall–Kier alpha value is -1.98. The SMILES string of the molecule is Cc1ccsc1/C=C(\CCCC(=O)O)c1nc2ccccc2s1. The fourth-order valence-corrected chi connectivity index (χ4v) is 4.26. The molecule has 0 spiro atoms. The average molecular weight is 343 g/mol. The molecule has 0 aliphatic heterocycles. The van der Waals surface area contributed by atoms with Gasteiger partial charge in [-0.2, -0.15) is 0 Å². The van der Waals surface area contributed by atoms with Crippen LogP contribution in [-0.2, 0) is 4.79 Å². The molecule has 0 radical (unpaired) electrons. The van der Waals surface area contributed by atoms with Crippen LogP contribution in [-0.4, -0.2) is 16.1 Å². The van der Waals surface area contributed by atoms with Crippen LogP contribution in [0, 0.1) is 6.92 Å². The van der Waals surface area contributed by atoms with E-state index < -0.39 is 5.97 Å². The number of para-hydroxylation sites is 1. The molecule has 0 fully saturated rings. The van der Waals surface area contributed by atoms with E-state index in [-0.39, 0.29) is 6.42 Å². The number of rotatable bonds is 6. The highest BCUT2D eigenvalue weighted by Gasteiger charge is 2.11. The van der Waals surface area contributed by atoms with Crippen molar-refractivity contribution in [3.63, 3.8) is 0 Å². The van der Waals surface area contributed by atoms with Crippen LogP contribution in [0.5, 0.6) is 0 Å². The maximum Gasteiger partial charge on any atom is 0.303 e. The molecule has 5 heteroatoms. The van der Waals surface area contributed by atoms with E-state index in [1.54, 1.807) is 22.7 Å². The first-order valence-corrected chi connectivity index (χ1v) is 9.15. The van der Waals surface area contributed by atoms with Gasteiger partial charge in [0.15, 0.2) is 0 Å². The van der Waals surface area contributed by atoms with E-state index in [2.05, 4.69) is 30.5 Å². The number of thiophene rings is 1. The maximum absolute atomic E-state index is 10.8. The number of carboxylic acids is 1. The number of nitrogens with zero attached hydrogens (tertiary/aromatic N) is 1. The van der Waals surface area contributed by atoms with Crippen LogP contribution in [0.25, 0.3) is 21.9 Å². The van der Waals surface area contributed by atoms with Gasteiger partial charge < -0.3 is 5.11 Å².